The molecule has 0 fully saturated rings. The van der Waals surface area contributed by atoms with E-state index in [-0.39, 0.29) is 12.4 Å². The Morgan fingerprint density at radius 1 is 0.706 bits per heavy atom. The van der Waals surface area contributed by atoms with Gasteiger partial charge in [-0.25, -0.2) is 0 Å². The molecule has 0 aliphatic heterocycles. The van der Waals surface area contributed by atoms with Gasteiger partial charge >= 0.3 is 103 Å². The fourth-order valence-electron chi connectivity index (χ4n) is 2.64. The van der Waals surface area contributed by atoms with E-state index in [9.17, 15) is 5.11 Å². The molecule has 0 radical (unpaired) electrons. The van der Waals surface area contributed by atoms with Crippen molar-refractivity contribution in [2.75, 3.05) is 31.3 Å². The van der Waals surface area contributed by atoms with E-state index in [1.807, 2.05) is 0 Å². The van der Waals surface area contributed by atoms with Gasteiger partial charge in [0, 0.05) is 0 Å². The molecule has 0 saturated carbocycles. The van der Waals surface area contributed by atoms with E-state index in [1.54, 1.807) is 0 Å². The minimum atomic E-state index is -1.11. The molecule has 108 valence electrons. The van der Waals surface area contributed by atoms with Crippen molar-refractivity contribution in [1.82, 2.24) is 0 Å². The van der Waals surface area contributed by atoms with Crippen LogP contribution >= 0.6 is 19.7 Å². The minimum Gasteiger partial charge on any atom is -0.147 e. The van der Waals surface area contributed by atoms with Crippen molar-refractivity contribution in [3.63, 3.8) is 0 Å². The van der Waals surface area contributed by atoms with Crippen molar-refractivity contribution in [2.24, 2.45) is 0 Å². The molecular weight excluding hydrogens is 251 g/mol. The largest absolute Gasteiger partial charge is 0.147 e. The van der Waals surface area contributed by atoms with Crippen molar-refractivity contribution in [3.05, 3.63) is 0 Å². The molecule has 0 aromatic carbocycles. The first-order chi connectivity index (χ1) is 7.74. The molecule has 0 saturated heterocycles. The van der Waals surface area contributed by atoms with Gasteiger partial charge < -0.3 is 0 Å². The summed E-state index contributed by atoms with van der Waals surface area (Å²) < 4.78 is 0. The maximum atomic E-state index is 9.33. The van der Waals surface area contributed by atoms with Gasteiger partial charge in [0.25, 0.3) is 0 Å². The molecule has 1 nitrogen and oxygen atoms in total. The Morgan fingerprint density at radius 2 is 1.06 bits per heavy atom. The van der Waals surface area contributed by atoms with Crippen LogP contribution in [0.15, 0.2) is 0 Å². The number of unbranched alkanes of at least 4 members (excludes halogenated alkanes) is 3. The molecule has 0 aliphatic rings. The maximum absolute atomic E-state index is 9.33. The smallest absolute Gasteiger partial charge is 0.147 e. The molecule has 0 spiro atoms. The normalized spacial score (nSPS) is 12.2. The van der Waals surface area contributed by atoms with Crippen molar-refractivity contribution >= 4 is 19.7 Å². The number of hydrogen-bond donors (Lipinski definition) is 1. The van der Waals surface area contributed by atoms with Crippen LogP contribution in [0.2, 0.25) is 0 Å². The van der Waals surface area contributed by atoms with Crippen molar-refractivity contribution in [1.29, 1.82) is 0 Å². The van der Waals surface area contributed by atoms with Gasteiger partial charge in [0.15, 0.2) is 0 Å². The number of hydrogen-bond acceptors (Lipinski definition) is 1. The Morgan fingerprint density at radius 3 is 1.29 bits per heavy atom. The van der Waals surface area contributed by atoms with Gasteiger partial charge in [-0.05, 0) is 0 Å². The molecule has 0 unspecified atom stereocenters. The molecule has 0 aromatic rings. The summed E-state index contributed by atoms with van der Waals surface area (Å²) in [6, 6.07) is 0. The van der Waals surface area contributed by atoms with Crippen molar-refractivity contribution in [3.8, 4) is 0 Å². The topological polar surface area (TPSA) is 20.2 Å². The second-order valence-electron chi connectivity index (χ2n) is 5.28. The summed E-state index contributed by atoms with van der Waals surface area (Å²) in [6.45, 7) is 7.30. The number of aliphatic hydroxyl groups excluding tert-OH is 1. The maximum Gasteiger partial charge on any atom is -0.147 e. The van der Waals surface area contributed by atoms with E-state index in [0.29, 0.717) is 6.61 Å². The second-order valence-corrected chi connectivity index (χ2v) is 10.3. The first-order valence-corrected chi connectivity index (χ1v) is 10.2. The fourth-order valence-corrected chi connectivity index (χ4v) is 7.93. The average molecular weight is 285 g/mol. The van der Waals surface area contributed by atoms with E-state index in [0.717, 1.165) is 6.16 Å². The number of rotatable bonds is 11. The molecule has 1 N–H and O–H groups in total. The van der Waals surface area contributed by atoms with E-state index < -0.39 is 7.26 Å². The van der Waals surface area contributed by atoms with Crippen molar-refractivity contribution in [2.45, 2.75) is 59.3 Å². The second kappa shape index (κ2) is 13.1. The average Bonchev–Trinajstić information content (AvgIpc) is 2.31. The molecule has 0 heterocycles. The Bertz CT molecular complexity index is 131. The van der Waals surface area contributed by atoms with E-state index in [1.165, 1.54) is 57.0 Å². The number of aliphatic hydroxyl groups is 1. The van der Waals surface area contributed by atoms with Crippen LogP contribution in [0.3, 0.4) is 0 Å². The van der Waals surface area contributed by atoms with Gasteiger partial charge in [-0.2, -0.15) is 0 Å². The van der Waals surface area contributed by atoms with Crippen LogP contribution < -0.4 is 0 Å². The first kappa shape index (κ1) is 20.0. The monoisotopic (exact) mass is 284 g/mol. The van der Waals surface area contributed by atoms with Crippen LogP contribution in [0.4, 0.5) is 0 Å². The number of halogens is 1. The standard InChI is InChI=1S/C14H33OP.ClH/c1-4-7-11-16(14-10-15,12-8-5-2)13-9-6-3;/h15-16H,4-14H2,1-3H3;1H. The zero-order valence-corrected chi connectivity index (χ0v) is 14.0. The summed E-state index contributed by atoms with van der Waals surface area (Å²) in [5, 5.41) is 9.33. The van der Waals surface area contributed by atoms with Crippen LogP contribution in [0.25, 0.3) is 0 Å². The van der Waals surface area contributed by atoms with Crippen LogP contribution in [0.5, 0.6) is 0 Å². The van der Waals surface area contributed by atoms with Crippen molar-refractivity contribution < 1.29 is 5.11 Å². The zero-order chi connectivity index (χ0) is 12.3. The van der Waals surface area contributed by atoms with E-state index >= 15 is 0 Å². The fraction of sp³-hybridized carbons (Fsp3) is 1.00. The SMILES string of the molecule is CCCC[PH](CCO)(CCCC)CCCC.Cl. The molecule has 0 bridgehead atoms. The van der Waals surface area contributed by atoms with Gasteiger partial charge in [-0.15, -0.1) is 12.4 Å². The third-order valence-electron chi connectivity index (χ3n) is 3.82. The minimum absolute atomic E-state index is 0. The van der Waals surface area contributed by atoms with Crippen LogP contribution in [0, 0.1) is 0 Å². The quantitative estimate of drug-likeness (QED) is 0.552. The van der Waals surface area contributed by atoms with Gasteiger partial charge in [0.05, 0.1) is 0 Å². The predicted molar refractivity (Wildman–Crippen MR) is 86.8 cm³/mol. The van der Waals surface area contributed by atoms with Crippen LogP contribution in [0.1, 0.15) is 59.3 Å². The van der Waals surface area contributed by atoms with Crippen LogP contribution in [-0.2, 0) is 0 Å². The Balaban J connectivity index is 0. The molecule has 0 atom stereocenters. The molecule has 0 amide bonds. The van der Waals surface area contributed by atoms with Gasteiger partial charge in [-0.3, -0.25) is 0 Å². The van der Waals surface area contributed by atoms with Gasteiger partial charge in [-0.1, -0.05) is 0 Å². The Labute approximate surface area is 116 Å². The molecule has 0 rings (SSSR count). The zero-order valence-electron chi connectivity index (χ0n) is 12.1. The first-order valence-electron chi connectivity index (χ1n) is 7.35. The molecule has 0 aliphatic carbocycles. The van der Waals surface area contributed by atoms with E-state index in [4.69, 9.17) is 0 Å². The summed E-state index contributed by atoms with van der Waals surface area (Å²) in [7, 11) is -1.11. The Hall–Kier alpha value is 0.680. The summed E-state index contributed by atoms with van der Waals surface area (Å²) in [4.78, 5) is 0. The van der Waals surface area contributed by atoms with Gasteiger partial charge in [0.1, 0.15) is 0 Å². The van der Waals surface area contributed by atoms with Crippen LogP contribution in [-0.4, -0.2) is 36.4 Å². The predicted octanol–water partition coefficient (Wildman–Crippen LogP) is 4.55. The summed E-state index contributed by atoms with van der Waals surface area (Å²) in [5.74, 6) is 0. The molecule has 0 aromatic heterocycles. The molecule has 17 heavy (non-hydrogen) atoms. The third kappa shape index (κ3) is 9.28. The summed E-state index contributed by atoms with van der Waals surface area (Å²) in [5.41, 5.74) is 0. The van der Waals surface area contributed by atoms with E-state index in [2.05, 4.69) is 20.8 Å². The molecular formula is C14H34ClOP. The summed E-state index contributed by atoms with van der Waals surface area (Å²) >= 11 is 0. The Kier molecular flexibility index (Phi) is 15.4. The van der Waals surface area contributed by atoms with Gasteiger partial charge in [0.2, 0.25) is 0 Å². The molecule has 3 heteroatoms. The summed E-state index contributed by atoms with van der Waals surface area (Å²) in [6.07, 6.45) is 13.7. The third-order valence-corrected chi connectivity index (χ3v) is 9.35.